The van der Waals surface area contributed by atoms with E-state index in [1.807, 2.05) is 56.3 Å². The maximum absolute atomic E-state index is 12.5. The number of piperidine rings is 1. The SMILES string of the molecule is Cc1cccc(O[C@H](C)C(=O)Nc2ccc(OC3CCN(C)CC3)cc2)c1C. The number of carbonyl (C=O) groups is 1. The molecule has 1 N–H and O–H groups in total. The van der Waals surface area contributed by atoms with Crippen molar-refractivity contribution >= 4 is 11.6 Å². The highest BCUT2D eigenvalue weighted by Crippen LogP contribution is 2.23. The van der Waals surface area contributed by atoms with Gasteiger partial charge >= 0.3 is 0 Å². The van der Waals surface area contributed by atoms with Crippen molar-refractivity contribution in [2.75, 3.05) is 25.5 Å². The van der Waals surface area contributed by atoms with Crippen LogP contribution in [0.5, 0.6) is 11.5 Å². The minimum atomic E-state index is -0.587. The first kappa shape index (κ1) is 20.2. The van der Waals surface area contributed by atoms with Gasteiger partial charge in [-0.15, -0.1) is 0 Å². The van der Waals surface area contributed by atoms with Gasteiger partial charge in [0.25, 0.3) is 5.91 Å². The minimum absolute atomic E-state index is 0.176. The number of hydrogen-bond acceptors (Lipinski definition) is 4. The van der Waals surface area contributed by atoms with Crippen LogP contribution in [0.1, 0.15) is 30.9 Å². The van der Waals surface area contributed by atoms with Gasteiger partial charge in [-0.05, 0) is 82.1 Å². The van der Waals surface area contributed by atoms with E-state index in [-0.39, 0.29) is 12.0 Å². The standard InChI is InChI=1S/C23H30N2O3/c1-16-6-5-7-22(17(16)2)27-18(3)23(26)24-19-8-10-20(11-9-19)28-21-12-14-25(4)15-13-21/h5-11,18,21H,12-15H2,1-4H3,(H,24,26)/t18-/m1/s1. The molecule has 1 saturated heterocycles. The van der Waals surface area contributed by atoms with Gasteiger partial charge in [0, 0.05) is 18.8 Å². The lowest BCUT2D eigenvalue weighted by molar-refractivity contribution is -0.122. The second-order valence-corrected chi connectivity index (χ2v) is 7.59. The molecule has 150 valence electrons. The smallest absolute Gasteiger partial charge is 0.265 e. The van der Waals surface area contributed by atoms with Gasteiger partial charge in [0.1, 0.15) is 17.6 Å². The summed E-state index contributed by atoms with van der Waals surface area (Å²) in [6, 6.07) is 13.4. The van der Waals surface area contributed by atoms with E-state index in [1.165, 1.54) is 0 Å². The molecule has 1 aliphatic heterocycles. The summed E-state index contributed by atoms with van der Waals surface area (Å²) in [5.41, 5.74) is 2.93. The Hall–Kier alpha value is -2.53. The number of ether oxygens (including phenoxy) is 2. The van der Waals surface area contributed by atoms with Gasteiger partial charge in [-0.2, -0.15) is 0 Å². The molecule has 0 aromatic heterocycles. The molecule has 1 heterocycles. The summed E-state index contributed by atoms with van der Waals surface area (Å²) in [6.07, 6.45) is 1.77. The largest absolute Gasteiger partial charge is 0.490 e. The number of likely N-dealkylation sites (tertiary alicyclic amines) is 1. The zero-order valence-electron chi connectivity index (χ0n) is 17.2. The number of rotatable bonds is 6. The highest BCUT2D eigenvalue weighted by atomic mass is 16.5. The fraction of sp³-hybridized carbons (Fsp3) is 0.435. The highest BCUT2D eigenvalue weighted by Gasteiger charge is 2.19. The molecule has 0 saturated carbocycles. The van der Waals surface area contributed by atoms with Crippen molar-refractivity contribution in [2.45, 2.75) is 45.8 Å². The van der Waals surface area contributed by atoms with Crippen LogP contribution in [-0.4, -0.2) is 43.2 Å². The Morgan fingerprint density at radius 3 is 2.46 bits per heavy atom. The lowest BCUT2D eigenvalue weighted by Crippen LogP contribution is -2.35. The van der Waals surface area contributed by atoms with Crippen molar-refractivity contribution in [3.8, 4) is 11.5 Å². The summed E-state index contributed by atoms with van der Waals surface area (Å²) in [7, 11) is 2.14. The van der Waals surface area contributed by atoms with Crippen LogP contribution in [0.25, 0.3) is 0 Å². The predicted molar refractivity (Wildman–Crippen MR) is 112 cm³/mol. The number of carbonyl (C=O) groups excluding carboxylic acids is 1. The van der Waals surface area contributed by atoms with Crippen LogP contribution in [0.4, 0.5) is 5.69 Å². The molecule has 0 radical (unpaired) electrons. The zero-order valence-corrected chi connectivity index (χ0v) is 17.2. The van der Waals surface area contributed by atoms with Crippen molar-refractivity contribution < 1.29 is 14.3 Å². The lowest BCUT2D eigenvalue weighted by atomic mass is 10.1. The van der Waals surface area contributed by atoms with Crippen LogP contribution in [0.2, 0.25) is 0 Å². The Kier molecular flexibility index (Phi) is 6.57. The van der Waals surface area contributed by atoms with E-state index in [4.69, 9.17) is 9.47 Å². The maximum atomic E-state index is 12.5. The molecule has 28 heavy (non-hydrogen) atoms. The maximum Gasteiger partial charge on any atom is 0.265 e. The van der Waals surface area contributed by atoms with Gasteiger partial charge in [0.2, 0.25) is 0 Å². The van der Waals surface area contributed by atoms with Crippen LogP contribution in [-0.2, 0) is 4.79 Å². The quantitative estimate of drug-likeness (QED) is 0.814. The van der Waals surface area contributed by atoms with Crippen LogP contribution in [0.3, 0.4) is 0 Å². The van der Waals surface area contributed by atoms with Crippen molar-refractivity contribution in [1.82, 2.24) is 4.90 Å². The summed E-state index contributed by atoms with van der Waals surface area (Å²) in [5, 5.41) is 2.91. The normalized spacial score (nSPS) is 16.4. The summed E-state index contributed by atoms with van der Waals surface area (Å²) < 4.78 is 11.9. The van der Waals surface area contributed by atoms with E-state index in [9.17, 15) is 4.79 Å². The van der Waals surface area contributed by atoms with Crippen molar-refractivity contribution in [3.05, 3.63) is 53.6 Å². The Morgan fingerprint density at radius 1 is 1.11 bits per heavy atom. The number of amides is 1. The second-order valence-electron chi connectivity index (χ2n) is 7.59. The van der Waals surface area contributed by atoms with Gasteiger partial charge < -0.3 is 19.7 Å². The van der Waals surface area contributed by atoms with Gasteiger partial charge in [-0.1, -0.05) is 12.1 Å². The number of nitrogens with one attached hydrogen (secondary N) is 1. The molecule has 3 rings (SSSR count). The van der Waals surface area contributed by atoms with E-state index >= 15 is 0 Å². The monoisotopic (exact) mass is 382 g/mol. The molecule has 0 unspecified atom stereocenters. The Labute approximate surface area is 167 Å². The average molecular weight is 383 g/mol. The number of anilines is 1. The first-order chi connectivity index (χ1) is 13.4. The predicted octanol–water partition coefficient (Wildman–Crippen LogP) is 4.18. The zero-order chi connectivity index (χ0) is 20.1. The Morgan fingerprint density at radius 2 is 1.79 bits per heavy atom. The molecule has 1 fully saturated rings. The molecule has 1 amide bonds. The molecule has 0 bridgehead atoms. The Balaban J connectivity index is 1.53. The van der Waals surface area contributed by atoms with Gasteiger partial charge in [0.15, 0.2) is 6.10 Å². The highest BCUT2D eigenvalue weighted by molar-refractivity contribution is 5.94. The van der Waals surface area contributed by atoms with E-state index in [0.717, 1.165) is 54.2 Å². The number of benzene rings is 2. The average Bonchev–Trinajstić information content (AvgIpc) is 2.68. The summed E-state index contributed by atoms with van der Waals surface area (Å²) in [6.45, 7) is 7.92. The fourth-order valence-corrected chi connectivity index (χ4v) is 3.25. The first-order valence-corrected chi connectivity index (χ1v) is 9.91. The lowest BCUT2D eigenvalue weighted by Gasteiger charge is -2.29. The topological polar surface area (TPSA) is 50.8 Å². The van der Waals surface area contributed by atoms with Crippen molar-refractivity contribution in [3.63, 3.8) is 0 Å². The molecule has 2 aromatic carbocycles. The second kappa shape index (κ2) is 9.11. The van der Waals surface area contributed by atoms with E-state index in [1.54, 1.807) is 6.92 Å². The van der Waals surface area contributed by atoms with E-state index < -0.39 is 6.10 Å². The molecule has 1 atom stereocenters. The number of nitrogens with zero attached hydrogens (tertiary/aromatic N) is 1. The third-order valence-electron chi connectivity index (χ3n) is 5.32. The molecular weight excluding hydrogens is 352 g/mol. The number of hydrogen-bond donors (Lipinski definition) is 1. The summed E-state index contributed by atoms with van der Waals surface area (Å²) in [5.74, 6) is 1.40. The molecule has 2 aromatic rings. The fourth-order valence-electron chi connectivity index (χ4n) is 3.25. The molecule has 5 nitrogen and oxygen atoms in total. The van der Waals surface area contributed by atoms with Gasteiger partial charge in [0.05, 0.1) is 0 Å². The first-order valence-electron chi connectivity index (χ1n) is 9.91. The molecule has 5 heteroatoms. The van der Waals surface area contributed by atoms with Crippen molar-refractivity contribution in [1.29, 1.82) is 0 Å². The van der Waals surface area contributed by atoms with E-state index in [2.05, 4.69) is 17.3 Å². The number of aryl methyl sites for hydroxylation is 1. The van der Waals surface area contributed by atoms with Crippen molar-refractivity contribution in [2.24, 2.45) is 0 Å². The molecule has 0 aliphatic carbocycles. The molecular formula is C23H30N2O3. The molecule has 1 aliphatic rings. The Bertz CT molecular complexity index is 796. The summed E-state index contributed by atoms with van der Waals surface area (Å²) >= 11 is 0. The van der Waals surface area contributed by atoms with E-state index in [0.29, 0.717) is 0 Å². The summed E-state index contributed by atoms with van der Waals surface area (Å²) in [4.78, 5) is 14.8. The van der Waals surface area contributed by atoms with Crippen LogP contribution in [0, 0.1) is 13.8 Å². The minimum Gasteiger partial charge on any atom is -0.490 e. The van der Waals surface area contributed by atoms with Gasteiger partial charge in [-0.25, -0.2) is 0 Å². The van der Waals surface area contributed by atoms with Crippen LogP contribution >= 0.6 is 0 Å². The van der Waals surface area contributed by atoms with Crippen LogP contribution < -0.4 is 14.8 Å². The van der Waals surface area contributed by atoms with Gasteiger partial charge in [-0.3, -0.25) is 4.79 Å². The third-order valence-corrected chi connectivity index (χ3v) is 5.32. The molecule has 0 spiro atoms. The van der Waals surface area contributed by atoms with Crippen LogP contribution in [0.15, 0.2) is 42.5 Å². The third kappa shape index (κ3) is 5.26.